The topological polar surface area (TPSA) is 26.3 Å². The minimum atomic E-state index is -5.50. The molecule has 0 aromatic rings. The maximum atomic E-state index is 11.5. The number of ether oxygens (including phenoxy) is 1. The Balaban J connectivity index is 3.29. The molecule has 0 rings (SSSR count). The van der Waals surface area contributed by atoms with Gasteiger partial charge in [-0.1, -0.05) is 0 Å². The molecule has 0 N–H and O–H groups in total. The van der Waals surface area contributed by atoms with Gasteiger partial charge >= 0.3 is 15.0 Å². The van der Waals surface area contributed by atoms with Crippen LogP contribution < -0.4 is 0 Å². The number of rotatable bonds is 3. The minimum absolute atomic E-state index is 0.523. The summed E-state index contributed by atoms with van der Waals surface area (Å²) in [5.41, 5.74) is 0. The Hall–Kier alpha value is -0.523. The highest BCUT2D eigenvalue weighted by Crippen LogP contribution is 2.13. The summed E-state index contributed by atoms with van der Waals surface area (Å²) < 4.78 is 38.5. The number of carbonyl (C=O) groups is 1. The molecule has 0 amide bonds. The zero-order valence-electron chi connectivity index (χ0n) is 5.36. The van der Waals surface area contributed by atoms with Crippen molar-refractivity contribution in [2.75, 3.05) is 6.61 Å². The van der Waals surface area contributed by atoms with Gasteiger partial charge in [0.05, 0.1) is 12.7 Å². The third-order valence-electron chi connectivity index (χ3n) is 0.691. The van der Waals surface area contributed by atoms with Crippen molar-refractivity contribution in [2.45, 2.75) is 13.0 Å². The van der Waals surface area contributed by atoms with E-state index in [1.54, 1.807) is 0 Å². The average Bonchev–Trinajstić information content (AvgIpc) is 1.59. The average molecular weight is 172 g/mol. The van der Waals surface area contributed by atoms with Gasteiger partial charge in [-0.2, -0.15) is 0 Å². The molecule has 0 unspecified atom stereocenters. The molecule has 0 bridgehead atoms. The van der Waals surface area contributed by atoms with Crippen LogP contribution >= 0.6 is 0 Å². The van der Waals surface area contributed by atoms with Gasteiger partial charge in [0.15, 0.2) is 0 Å². The van der Waals surface area contributed by atoms with Crippen LogP contribution in [0.2, 0.25) is 6.04 Å². The first-order valence-corrected chi connectivity index (χ1v) is 4.46. The van der Waals surface area contributed by atoms with Gasteiger partial charge < -0.3 is 4.74 Å². The highest BCUT2D eigenvalue weighted by atomic mass is 28.5. The maximum Gasteiger partial charge on any atom is 0.619 e. The summed E-state index contributed by atoms with van der Waals surface area (Å²) in [6.45, 7) is 0.559. The maximum absolute atomic E-state index is 11.5. The van der Waals surface area contributed by atoms with Crippen molar-refractivity contribution >= 4 is 15.0 Å². The highest BCUT2D eigenvalue weighted by Gasteiger charge is 2.36. The van der Waals surface area contributed by atoms with Gasteiger partial charge in [0.25, 0.3) is 0 Å². The quantitative estimate of drug-likeness (QED) is 0.365. The lowest BCUT2D eigenvalue weighted by Crippen LogP contribution is -2.18. The number of esters is 1. The smallest absolute Gasteiger partial charge is 0.466 e. The number of carbonyl (C=O) groups excluding carboxylic acids is 1. The second kappa shape index (κ2) is 3.60. The molecule has 0 atom stereocenters. The molecule has 10 heavy (non-hydrogen) atoms. The van der Waals surface area contributed by atoms with Crippen LogP contribution in [-0.2, 0) is 9.53 Å². The van der Waals surface area contributed by atoms with Gasteiger partial charge in [-0.3, -0.25) is 4.79 Å². The fourth-order valence-electron chi connectivity index (χ4n) is 0.310. The van der Waals surface area contributed by atoms with E-state index in [1.165, 1.54) is 0 Å². The van der Waals surface area contributed by atoms with Crippen LogP contribution in [0.4, 0.5) is 12.3 Å². The van der Waals surface area contributed by atoms with Crippen molar-refractivity contribution in [2.24, 2.45) is 0 Å². The zero-order chi connectivity index (χ0) is 8.20. The molecular formula is C4H7F3O2Si. The molecule has 6 heteroatoms. The van der Waals surface area contributed by atoms with Crippen molar-refractivity contribution in [1.82, 2.24) is 0 Å². The first kappa shape index (κ1) is 9.48. The normalized spacial score (nSPS) is 11.2. The van der Waals surface area contributed by atoms with Crippen molar-refractivity contribution in [3.63, 3.8) is 0 Å². The summed E-state index contributed by atoms with van der Waals surface area (Å²) in [6, 6.07) is -0.938. The standard InChI is InChI=1S/C4H7F3O2Si/c1-4(8)9-2-3-10(5,6)7/h2-3H2,1H3. The third kappa shape index (κ3) is 7.48. The van der Waals surface area contributed by atoms with Crippen LogP contribution in [0, 0.1) is 0 Å². The molecule has 60 valence electrons. The Kier molecular flexibility index (Phi) is 3.41. The largest absolute Gasteiger partial charge is 0.619 e. The summed E-state index contributed by atoms with van der Waals surface area (Å²) in [5, 5.41) is 0. The number of halogens is 3. The second-order valence-corrected chi connectivity index (χ2v) is 3.44. The number of hydrogen-bond donors (Lipinski definition) is 0. The molecule has 0 aliphatic rings. The molecule has 0 saturated carbocycles. The molecule has 0 radical (unpaired) electrons. The van der Waals surface area contributed by atoms with Gasteiger partial charge in [0.2, 0.25) is 0 Å². The highest BCUT2D eigenvalue weighted by molar-refractivity contribution is 6.58. The van der Waals surface area contributed by atoms with Crippen LogP contribution in [0.15, 0.2) is 0 Å². The summed E-state index contributed by atoms with van der Waals surface area (Å²) >= 11 is 0. The summed E-state index contributed by atoms with van der Waals surface area (Å²) in [6.07, 6.45) is 0. The monoisotopic (exact) mass is 172 g/mol. The summed E-state index contributed by atoms with van der Waals surface area (Å²) in [4.78, 5) is 9.96. The Bertz CT molecular complexity index is 122. The van der Waals surface area contributed by atoms with Crippen LogP contribution in [0.1, 0.15) is 6.92 Å². The Morgan fingerprint density at radius 2 is 2.00 bits per heavy atom. The fraction of sp³-hybridized carbons (Fsp3) is 0.750. The lowest BCUT2D eigenvalue weighted by molar-refractivity contribution is -0.140. The van der Waals surface area contributed by atoms with Crippen LogP contribution in [-0.4, -0.2) is 21.7 Å². The van der Waals surface area contributed by atoms with Crippen molar-refractivity contribution in [3.8, 4) is 0 Å². The van der Waals surface area contributed by atoms with Gasteiger partial charge in [-0.25, -0.2) is 12.3 Å². The predicted molar refractivity (Wildman–Crippen MR) is 30.5 cm³/mol. The Morgan fingerprint density at radius 1 is 1.50 bits per heavy atom. The number of hydrogen-bond acceptors (Lipinski definition) is 2. The van der Waals surface area contributed by atoms with Crippen molar-refractivity contribution < 1.29 is 21.9 Å². The van der Waals surface area contributed by atoms with Gasteiger partial charge in [0, 0.05) is 6.92 Å². The van der Waals surface area contributed by atoms with E-state index in [0.29, 0.717) is 0 Å². The Labute approximate surface area is 57.5 Å². The SMILES string of the molecule is CC(=O)OCC[Si](F)(F)F. The lowest BCUT2D eigenvalue weighted by atomic mass is 10.8. The lowest BCUT2D eigenvalue weighted by Gasteiger charge is -2.01. The van der Waals surface area contributed by atoms with E-state index in [2.05, 4.69) is 4.74 Å². The van der Waals surface area contributed by atoms with E-state index < -0.39 is 27.7 Å². The molecular weight excluding hydrogens is 165 g/mol. The molecule has 0 aromatic carbocycles. The fourth-order valence-corrected chi connectivity index (χ4v) is 0.644. The van der Waals surface area contributed by atoms with E-state index in [1.807, 2.05) is 0 Å². The van der Waals surface area contributed by atoms with Gasteiger partial charge in [-0.15, -0.1) is 0 Å². The van der Waals surface area contributed by atoms with Gasteiger partial charge in [0.1, 0.15) is 0 Å². The second-order valence-electron chi connectivity index (χ2n) is 1.71. The molecule has 0 saturated heterocycles. The van der Waals surface area contributed by atoms with E-state index in [0.717, 1.165) is 6.92 Å². The molecule has 0 aromatic heterocycles. The van der Waals surface area contributed by atoms with E-state index in [4.69, 9.17) is 0 Å². The minimum Gasteiger partial charge on any atom is -0.466 e. The van der Waals surface area contributed by atoms with Crippen molar-refractivity contribution in [1.29, 1.82) is 0 Å². The summed E-state index contributed by atoms with van der Waals surface area (Å²) in [5.74, 6) is -0.668. The third-order valence-corrected chi connectivity index (χ3v) is 1.46. The Morgan fingerprint density at radius 3 is 2.30 bits per heavy atom. The molecule has 0 spiro atoms. The molecule has 0 heterocycles. The molecule has 2 nitrogen and oxygen atoms in total. The zero-order valence-corrected chi connectivity index (χ0v) is 6.36. The van der Waals surface area contributed by atoms with Crippen LogP contribution in [0.3, 0.4) is 0 Å². The van der Waals surface area contributed by atoms with E-state index in [9.17, 15) is 17.1 Å². The van der Waals surface area contributed by atoms with Crippen LogP contribution in [0.5, 0.6) is 0 Å². The predicted octanol–water partition coefficient (Wildman–Crippen LogP) is 1.40. The molecule has 0 aliphatic carbocycles. The first-order chi connectivity index (χ1) is 4.42. The summed E-state index contributed by atoms with van der Waals surface area (Å²) in [7, 11) is -5.50. The van der Waals surface area contributed by atoms with E-state index in [-0.39, 0.29) is 0 Å². The van der Waals surface area contributed by atoms with Gasteiger partial charge in [-0.05, 0) is 0 Å². The van der Waals surface area contributed by atoms with Crippen molar-refractivity contribution in [3.05, 3.63) is 0 Å². The first-order valence-electron chi connectivity index (χ1n) is 2.62. The van der Waals surface area contributed by atoms with E-state index >= 15 is 0 Å². The molecule has 0 aliphatic heterocycles. The van der Waals surface area contributed by atoms with Crippen LogP contribution in [0.25, 0.3) is 0 Å². The molecule has 0 fully saturated rings.